The molecule has 1 aliphatic rings. The van der Waals surface area contributed by atoms with Gasteiger partial charge in [-0.1, -0.05) is 47.5 Å². The second kappa shape index (κ2) is 9.55. The van der Waals surface area contributed by atoms with E-state index in [1.807, 2.05) is 6.07 Å². The minimum absolute atomic E-state index is 0.00124. The lowest BCUT2D eigenvalue weighted by Gasteiger charge is -2.33. The number of fused-ring (bicyclic) bond motifs is 1. The Balaban J connectivity index is 1.47. The summed E-state index contributed by atoms with van der Waals surface area (Å²) in [4.78, 5) is 26.2. The predicted octanol–water partition coefficient (Wildman–Crippen LogP) is 5.90. The Morgan fingerprint density at radius 1 is 1.11 bits per heavy atom. The normalized spacial score (nSPS) is 17.1. The van der Waals surface area contributed by atoms with Crippen LogP contribution in [0, 0.1) is 6.92 Å². The van der Waals surface area contributed by atoms with Crippen LogP contribution in [0.1, 0.15) is 40.3 Å². The van der Waals surface area contributed by atoms with E-state index in [1.165, 1.54) is 22.9 Å². The summed E-state index contributed by atoms with van der Waals surface area (Å²) in [5, 5.41) is 10.0. The first kappa shape index (κ1) is 25.9. The number of nitrogens with one attached hydrogen (secondary N) is 2. The average molecular weight is 565 g/mol. The number of carbonyl (C=O) groups is 1. The smallest absolute Gasteiger partial charge is 0.363 e. The highest BCUT2D eigenvalue weighted by Gasteiger charge is 2.47. The molecule has 0 radical (unpaired) electrons. The van der Waals surface area contributed by atoms with Crippen LogP contribution in [0.5, 0.6) is 0 Å². The number of aromatic nitrogens is 4. The van der Waals surface area contributed by atoms with Gasteiger partial charge in [0.15, 0.2) is 11.7 Å². The SMILES string of the molecule is Cc1c(NC(=O)c2cc3n(n2)C(C(F)(F)F)CC(c2ccc(Cl)c(Cl)c2)N3)c(=O)n(-c2ccccc2)n1C. The summed E-state index contributed by atoms with van der Waals surface area (Å²) >= 11 is 12.0. The number of para-hydroxylation sites is 1. The lowest BCUT2D eigenvalue weighted by molar-refractivity contribution is -0.173. The van der Waals surface area contributed by atoms with Crippen LogP contribution < -0.4 is 16.2 Å². The Kier molecular flexibility index (Phi) is 6.52. The quantitative estimate of drug-likeness (QED) is 0.323. The van der Waals surface area contributed by atoms with Crippen molar-refractivity contribution in [2.75, 3.05) is 10.6 Å². The molecule has 1 amide bonds. The molecule has 13 heteroatoms. The van der Waals surface area contributed by atoms with E-state index >= 15 is 0 Å². The van der Waals surface area contributed by atoms with Gasteiger partial charge in [-0.25, -0.2) is 9.36 Å². The van der Waals surface area contributed by atoms with Crippen LogP contribution in [0.4, 0.5) is 24.7 Å². The maximum absolute atomic E-state index is 14.0. The number of nitrogens with zero attached hydrogens (tertiary/aromatic N) is 4. The Morgan fingerprint density at radius 3 is 2.47 bits per heavy atom. The zero-order valence-corrected chi connectivity index (χ0v) is 21.6. The number of hydrogen-bond acceptors (Lipinski definition) is 4. The fourth-order valence-electron chi connectivity index (χ4n) is 4.52. The largest absolute Gasteiger partial charge is 0.410 e. The van der Waals surface area contributed by atoms with Crippen LogP contribution in [0.25, 0.3) is 5.69 Å². The molecular formula is C25H21Cl2F3N6O2. The van der Waals surface area contributed by atoms with Crippen molar-refractivity contribution in [3.8, 4) is 5.69 Å². The number of amides is 1. The predicted molar refractivity (Wildman–Crippen MR) is 138 cm³/mol. The van der Waals surface area contributed by atoms with Gasteiger partial charge >= 0.3 is 6.18 Å². The molecule has 0 bridgehead atoms. The van der Waals surface area contributed by atoms with Crippen LogP contribution in [-0.4, -0.2) is 31.2 Å². The maximum atomic E-state index is 14.0. The van der Waals surface area contributed by atoms with Crippen molar-refractivity contribution < 1.29 is 18.0 Å². The van der Waals surface area contributed by atoms with E-state index in [0.717, 1.165) is 4.68 Å². The van der Waals surface area contributed by atoms with E-state index < -0.39 is 29.7 Å². The first-order valence-corrected chi connectivity index (χ1v) is 12.2. The van der Waals surface area contributed by atoms with E-state index in [1.54, 1.807) is 49.0 Å². The Morgan fingerprint density at radius 2 is 1.82 bits per heavy atom. The number of rotatable bonds is 4. The molecule has 0 spiro atoms. The van der Waals surface area contributed by atoms with Crippen LogP contribution >= 0.6 is 23.2 Å². The van der Waals surface area contributed by atoms with Crippen molar-refractivity contribution in [2.24, 2.45) is 7.05 Å². The van der Waals surface area contributed by atoms with Crippen molar-refractivity contribution in [2.45, 2.75) is 31.6 Å². The molecule has 0 aliphatic carbocycles. The highest BCUT2D eigenvalue weighted by Crippen LogP contribution is 2.44. The summed E-state index contributed by atoms with van der Waals surface area (Å²) in [5.74, 6) is -0.807. The third-order valence-corrected chi connectivity index (χ3v) is 7.30. The molecule has 8 nitrogen and oxygen atoms in total. The van der Waals surface area contributed by atoms with Gasteiger partial charge in [-0.3, -0.25) is 14.3 Å². The summed E-state index contributed by atoms with van der Waals surface area (Å²) in [6, 6.07) is 11.9. The molecule has 38 heavy (non-hydrogen) atoms. The van der Waals surface area contributed by atoms with E-state index in [9.17, 15) is 22.8 Å². The molecule has 198 valence electrons. The number of anilines is 2. The third kappa shape index (κ3) is 4.56. The van der Waals surface area contributed by atoms with Gasteiger partial charge < -0.3 is 10.6 Å². The monoisotopic (exact) mass is 564 g/mol. The molecule has 2 atom stereocenters. The van der Waals surface area contributed by atoms with E-state index in [4.69, 9.17) is 23.2 Å². The summed E-state index contributed by atoms with van der Waals surface area (Å²) in [5.41, 5.74) is 0.800. The molecular weight excluding hydrogens is 544 g/mol. The van der Waals surface area contributed by atoms with Crippen molar-refractivity contribution >= 4 is 40.6 Å². The zero-order valence-electron chi connectivity index (χ0n) is 20.1. The van der Waals surface area contributed by atoms with Gasteiger partial charge in [0.1, 0.15) is 11.5 Å². The molecule has 1 aliphatic heterocycles. The number of halogens is 5. The van der Waals surface area contributed by atoms with Gasteiger partial charge in [-0.2, -0.15) is 18.3 Å². The van der Waals surface area contributed by atoms with Crippen molar-refractivity contribution in [3.05, 3.63) is 91.9 Å². The summed E-state index contributed by atoms with van der Waals surface area (Å²) in [6.45, 7) is 1.65. The number of benzene rings is 2. The van der Waals surface area contributed by atoms with E-state index in [-0.39, 0.29) is 33.7 Å². The number of hydrogen-bond donors (Lipinski definition) is 2. The summed E-state index contributed by atoms with van der Waals surface area (Å²) in [6.07, 6.45) is -5.01. The van der Waals surface area contributed by atoms with Gasteiger partial charge in [-0.05, 0) is 36.8 Å². The van der Waals surface area contributed by atoms with Gasteiger partial charge in [0.2, 0.25) is 0 Å². The van der Waals surface area contributed by atoms with E-state index in [0.29, 0.717) is 16.9 Å². The minimum Gasteiger partial charge on any atom is -0.363 e. The lowest BCUT2D eigenvalue weighted by atomic mass is 9.97. The molecule has 5 rings (SSSR count). The molecule has 3 heterocycles. The Hall–Kier alpha value is -3.70. The van der Waals surface area contributed by atoms with Gasteiger partial charge in [0, 0.05) is 19.5 Å². The first-order chi connectivity index (χ1) is 18.0. The number of alkyl halides is 3. The minimum atomic E-state index is -4.63. The van der Waals surface area contributed by atoms with E-state index in [2.05, 4.69) is 15.7 Å². The van der Waals surface area contributed by atoms with Crippen molar-refractivity contribution in [3.63, 3.8) is 0 Å². The summed E-state index contributed by atoms with van der Waals surface area (Å²) in [7, 11) is 1.66. The fraction of sp³-hybridized carbons (Fsp3) is 0.240. The van der Waals surface area contributed by atoms with Gasteiger partial charge in [-0.15, -0.1) is 0 Å². The van der Waals surface area contributed by atoms with Crippen molar-refractivity contribution in [1.29, 1.82) is 0 Å². The standard InChI is InChI=1S/C25H21Cl2F3N6O2/c1-13-22(24(38)36(34(13)2)15-6-4-3-5-7-15)32-23(37)19-12-21-31-18(14-8-9-16(26)17(27)10-14)11-20(25(28,29)30)35(21)33-19/h3-10,12,18,20,31H,11H2,1-2H3,(H,32,37). The molecule has 0 fully saturated rings. The Labute approximate surface area is 224 Å². The highest BCUT2D eigenvalue weighted by molar-refractivity contribution is 6.42. The van der Waals surface area contributed by atoms with Crippen molar-refractivity contribution in [1.82, 2.24) is 19.1 Å². The highest BCUT2D eigenvalue weighted by atomic mass is 35.5. The average Bonchev–Trinajstić information content (AvgIpc) is 3.40. The van der Waals surface area contributed by atoms with Crippen LogP contribution in [0.3, 0.4) is 0 Å². The second-order valence-electron chi connectivity index (χ2n) is 8.91. The third-order valence-electron chi connectivity index (χ3n) is 6.56. The van der Waals surface area contributed by atoms with Gasteiger partial charge in [0.05, 0.1) is 27.5 Å². The molecule has 4 aromatic rings. The fourth-order valence-corrected chi connectivity index (χ4v) is 4.83. The molecule has 2 N–H and O–H groups in total. The molecule has 2 unspecified atom stereocenters. The second-order valence-corrected chi connectivity index (χ2v) is 9.73. The van der Waals surface area contributed by atoms with Gasteiger partial charge in [0.25, 0.3) is 11.5 Å². The maximum Gasteiger partial charge on any atom is 0.410 e. The zero-order chi connectivity index (χ0) is 27.4. The molecule has 2 aromatic heterocycles. The lowest BCUT2D eigenvalue weighted by Crippen LogP contribution is -2.35. The Bertz CT molecular complexity index is 1590. The first-order valence-electron chi connectivity index (χ1n) is 11.5. The van der Waals surface area contributed by atoms with Crippen LogP contribution in [0.2, 0.25) is 10.0 Å². The van der Waals surface area contributed by atoms with Crippen LogP contribution in [-0.2, 0) is 7.05 Å². The van der Waals surface area contributed by atoms with Crippen LogP contribution in [0.15, 0.2) is 59.4 Å². The molecule has 0 saturated heterocycles. The molecule has 2 aromatic carbocycles. The molecule has 0 saturated carbocycles. The topological polar surface area (TPSA) is 85.9 Å². The number of carbonyl (C=O) groups excluding carboxylic acids is 1. The summed E-state index contributed by atoms with van der Waals surface area (Å²) < 4.78 is 45.8.